The number of amides is 1. The maximum absolute atomic E-state index is 13.0. The second kappa shape index (κ2) is 10.6. The van der Waals surface area contributed by atoms with Crippen LogP contribution in [0.4, 0.5) is 18.9 Å². The second-order valence-corrected chi connectivity index (χ2v) is 7.23. The van der Waals surface area contributed by atoms with Crippen LogP contribution >= 0.6 is 0 Å². The van der Waals surface area contributed by atoms with E-state index in [-0.39, 0.29) is 30.4 Å². The first-order valence-electron chi connectivity index (χ1n) is 9.51. The van der Waals surface area contributed by atoms with Crippen LogP contribution < -0.4 is 22.1 Å². The monoisotopic (exact) mass is 422 g/mol. The van der Waals surface area contributed by atoms with Gasteiger partial charge in [0.1, 0.15) is 11.7 Å². The maximum atomic E-state index is 13.0. The lowest BCUT2D eigenvalue weighted by Crippen LogP contribution is -2.49. The zero-order valence-electron chi connectivity index (χ0n) is 16.4. The number of primary amides is 1. The van der Waals surface area contributed by atoms with Gasteiger partial charge in [-0.15, -0.1) is 0 Å². The first kappa shape index (κ1) is 23.2. The van der Waals surface area contributed by atoms with E-state index < -0.39 is 23.7 Å². The summed E-state index contributed by atoms with van der Waals surface area (Å²) in [5, 5.41) is 15.1. The largest absolute Gasteiger partial charge is 0.384 e. The SMILES string of the molecule is N#CCC1(N/C=C(/C(N)=O)C(N)=Nc2ccc(F)cc2)CCC(NCC(F)F)CC1. The molecule has 1 aromatic rings. The van der Waals surface area contributed by atoms with Crippen LogP contribution in [0.3, 0.4) is 0 Å². The van der Waals surface area contributed by atoms with E-state index in [4.69, 9.17) is 11.5 Å². The molecule has 1 aliphatic carbocycles. The summed E-state index contributed by atoms with van der Waals surface area (Å²) < 4.78 is 37.8. The Morgan fingerprint density at radius 3 is 2.47 bits per heavy atom. The molecule has 0 saturated heterocycles. The quantitative estimate of drug-likeness (QED) is 0.275. The van der Waals surface area contributed by atoms with Crippen molar-refractivity contribution in [1.82, 2.24) is 10.6 Å². The molecular weight excluding hydrogens is 397 g/mol. The minimum atomic E-state index is -2.42. The second-order valence-electron chi connectivity index (χ2n) is 7.23. The van der Waals surface area contributed by atoms with Crippen LogP contribution in [0.5, 0.6) is 0 Å². The third kappa shape index (κ3) is 6.77. The fraction of sp³-hybridized carbons (Fsp3) is 0.450. The molecule has 1 saturated carbocycles. The normalized spacial score (nSPS) is 22.6. The lowest BCUT2D eigenvalue weighted by atomic mass is 9.77. The fourth-order valence-corrected chi connectivity index (χ4v) is 3.37. The first-order chi connectivity index (χ1) is 14.2. The Morgan fingerprint density at radius 1 is 1.30 bits per heavy atom. The molecule has 0 heterocycles. The Morgan fingerprint density at radius 2 is 1.93 bits per heavy atom. The Bertz CT molecular complexity index is 824. The van der Waals surface area contributed by atoms with Crippen LogP contribution in [0.15, 0.2) is 41.0 Å². The minimum absolute atomic E-state index is 0.0580. The van der Waals surface area contributed by atoms with Gasteiger partial charge in [0.25, 0.3) is 12.3 Å². The summed E-state index contributed by atoms with van der Waals surface area (Å²) in [4.78, 5) is 15.9. The zero-order valence-corrected chi connectivity index (χ0v) is 16.4. The number of nitrogens with one attached hydrogen (secondary N) is 2. The number of benzene rings is 1. The Labute approximate surface area is 173 Å². The average Bonchev–Trinajstić information content (AvgIpc) is 2.69. The number of alkyl halides is 2. The van der Waals surface area contributed by atoms with Gasteiger partial charge in [0.15, 0.2) is 0 Å². The third-order valence-corrected chi connectivity index (χ3v) is 5.06. The van der Waals surface area contributed by atoms with E-state index in [1.165, 1.54) is 30.5 Å². The number of hydrogen-bond donors (Lipinski definition) is 4. The zero-order chi connectivity index (χ0) is 22.1. The molecule has 0 unspecified atom stereocenters. The summed E-state index contributed by atoms with van der Waals surface area (Å²) in [5.41, 5.74) is 11.0. The van der Waals surface area contributed by atoms with E-state index in [1.807, 2.05) is 0 Å². The summed E-state index contributed by atoms with van der Waals surface area (Å²) in [5.74, 6) is -1.40. The highest BCUT2D eigenvalue weighted by Gasteiger charge is 2.35. The van der Waals surface area contributed by atoms with Gasteiger partial charge < -0.3 is 22.1 Å². The molecule has 0 atom stereocenters. The van der Waals surface area contributed by atoms with Gasteiger partial charge in [0.2, 0.25) is 0 Å². The fourth-order valence-electron chi connectivity index (χ4n) is 3.37. The van der Waals surface area contributed by atoms with Gasteiger partial charge in [-0.25, -0.2) is 18.2 Å². The topological polar surface area (TPSA) is 129 Å². The number of nitrogens with zero attached hydrogens (tertiary/aromatic N) is 2. The predicted octanol–water partition coefficient (Wildman–Crippen LogP) is 2.22. The van der Waals surface area contributed by atoms with E-state index in [9.17, 15) is 23.2 Å². The van der Waals surface area contributed by atoms with Crippen molar-refractivity contribution in [1.29, 1.82) is 5.26 Å². The van der Waals surface area contributed by atoms with E-state index >= 15 is 0 Å². The third-order valence-electron chi connectivity index (χ3n) is 5.06. The number of carbonyl (C=O) groups is 1. The molecule has 10 heteroatoms. The highest BCUT2D eigenvalue weighted by atomic mass is 19.3. The molecule has 0 spiro atoms. The summed E-state index contributed by atoms with van der Waals surface area (Å²) in [6.07, 6.45) is 1.36. The Kier molecular flexibility index (Phi) is 8.24. The predicted molar refractivity (Wildman–Crippen MR) is 107 cm³/mol. The van der Waals surface area contributed by atoms with Gasteiger partial charge in [-0.1, -0.05) is 0 Å². The van der Waals surface area contributed by atoms with Gasteiger partial charge in [-0.2, -0.15) is 5.26 Å². The lowest BCUT2D eigenvalue weighted by molar-refractivity contribution is -0.114. The molecule has 0 aromatic heterocycles. The molecule has 1 aliphatic rings. The van der Waals surface area contributed by atoms with Gasteiger partial charge in [0.05, 0.1) is 30.3 Å². The summed E-state index contributed by atoms with van der Waals surface area (Å²) in [6.45, 7) is -0.370. The van der Waals surface area contributed by atoms with Crippen molar-refractivity contribution in [2.24, 2.45) is 16.5 Å². The minimum Gasteiger partial charge on any atom is -0.384 e. The molecule has 0 radical (unpaired) electrons. The molecule has 2 rings (SSSR count). The number of aliphatic imine (C=N–C) groups is 1. The molecule has 0 bridgehead atoms. The molecule has 1 amide bonds. The Balaban J connectivity index is 2.13. The molecule has 6 N–H and O–H groups in total. The highest BCUT2D eigenvalue weighted by molar-refractivity contribution is 6.20. The number of nitrogens with two attached hydrogens (primary N) is 2. The Hall–Kier alpha value is -3.06. The average molecular weight is 422 g/mol. The van der Waals surface area contributed by atoms with Gasteiger partial charge >= 0.3 is 0 Å². The first-order valence-corrected chi connectivity index (χ1v) is 9.51. The van der Waals surface area contributed by atoms with Crippen molar-refractivity contribution in [2.75, 3.05) is 6.54 Å². The van der Waals surface area contributed by atoms with E-state index in [0.717, 1.165) is 0 Å². The van der Waals surface area contributed by atoms with E-state index in [0.29, 0.717) is 31.4 Å². The number of carbonyl (C=O) groups excluding carboxylic acids is 1. The van der Waals surface area contributed by atoms with Gasteiger partial charge in [-0.3, -0.25) is 4.79 Å². The standard InChI is InChI=1S/C20H25F3N6O/c21-13-1-3-15(4-2-13)29-18(25)16(19(26)30)11-28-20(9-10-24)7-5-14(6-8-20)27-12-17(22)23/h1-4,11,14,17,27-28H,5-9,12H2,(H2,25,29)(H2,26,30)/b16-11+. The van der Waals surface area contributed by atoms with Crippen molar-refractivity contribution >= 4 is 17.4 Å². The highest BCUT2D eigenvalue weighted by Crippen LogP contribution is 2.31. The van der Waals surface area contributed by atoms with Crippen LogP contribution in [0.1, 0.15) is 32.1 Å². The van der Waals surface area contributed by atoms with Crippen LogP contribution in [0.2, 0.25) is 0 Å². The summed E-state index contributed by atoms with van der Waals surface area (Å²) in [7, 11) is 0. The molecule has 0 aliphatic heterocycles. The number of halogens is 3. The van der Waals surface area contributed by atoms with Crippen LogP contribution in [0.25, 0.3) is 0 Å². The number of nitriles is 1. The van der Waals surface area contributed by atoms with Crippen molar-refractivity contribution in [3.8, 4) is 6.07 Å². The summed E-state index contributed by atoms with van der Waals surface area (Å²) >= 11 is 0. The lowest BCUT2D eigenvalue weighted by Gasteiger charge is -2.39. The van der Waals surface area contributed by atoms with E-state index in [1.54, 1.807) is 0 Å². The number of rotatable bonds is 9. The molecule has 30 heavy (non-hydrogen) atoms. The molecule has 1 fully saturated rings. The van der Waals surface area contributed by atoms with Crippen LogP contribution in [0, 0.1) is 17.1 Å². The van der Waals surface area contributed by atoms with Crippen molar-refractivity contribution in [3.63, 3.8) is 0 Å². The van der Waals surface area contributed by atoms with Crippen LogP contribution in [-0.2, 0) is 4.79 Å². The van der Waals surface area contributed by atoms with Gasteiger partial charge in [0, 0.05) is 17.8 Å². The van der Waals surface area contributed by atoms with Crippen LogP contribution in [-0.4, -0.2) is 36.3 Å². The summed E-state index contributed by atoms with van der Waals surface area (Å²) in [6, 6.07) is 7.29. The smallest absolute Gasteiger partial charge is 0.253 e. The molecule has 162 valence electrons. The number of hydrogen-bond acceptors (Lipinski definition) is 5. The van der Waals surface area contributed by atoms with Crippen molar-refractivity contribution in [2.45, 2.75) is 50.1 Å². The molecule has 1 aromatic carbocycles. The van der Waals surface area contributed by atoms with Gasteiger partial charge in [-0.05, 0) is 49.9 Å². The molecular formula is C20H25F3N6O. The van der Waals surface area contributed by atoms with Crippen molar-refractivity contribution in [3.05, 3.63) is 41.9 Å². The van der Waals surface area contributed by atoms with E-state index in [2.05, 4.69) is 21.7 Å². The molecule has 7 nitrogen and oxygen atoms in total. The maximum Gasteiger partial charge on any atom is 0.253 e. The van der Waals surface area contributed by atoms with Crippen molar-refractivity contribution < 1.29 is 18.0 Å². The number of amidine groups is 1.